The molecule has 0 fully saturated rings. The summed E-state index contributed by atoms with van der Waals surface area (Å²) in [6.45, 7) is 5.35. The van der Waals surface area contributed by atoms with Gasteiger partial charge >= 0.3 is 11.9 Å². The van der Waals surface area contributed by atoms with Crippen molar-refractivity contribution in [2.45, 2.75) is 27.2 Å². The first kappa shape index (κ1) is 14.4. The van der Waals surface area contributed by atoms with E-state index in [1.807, 2.05) is 6.92 Å². The van der Waals surface area contributed by atoms with Crippen LogP contribution in [0.15, 0.2) is 23.3 Å². The van der Waals surface area contributed by atoms with Crippen LogP contribution in [-0.2, 0) is 14.3 Å². The minimum Gasteiger partial charge on any atom is -0.478 e. The monoisotopic (exact) mass is 226 g/mol. The molecule has 0 aliphatic rings. The largest absolute Gasteiger partial charge is 0.478 e. The van der Waals surface area contributed by atoms with Gasteiger partial charge in [0.15, 0.2) is 0 Å². The van der Waals surface area contributed by atoms with Crippen LogP contribution in [0.1, 0.15) is 27.2 Å². The molecule has 4 heteroatoms. The number of methoxy groups -OCH3 is 1. The van der Waals surface area contributed by atoms with Crippen molar-refractivity contribution in [2.75, 3.05) is 7.11 Å². The summed E-state index contributed by atoms with van der Waals surface area (Å²) in [5.74, 6) is -1.55. The highest BCUT2D eigenvalue weighted by molar-refractivity contribution is 5.80. The van der Waals surface area contributed by atoms with Gasteiger partial charge in [-0.05, 0) is 27.2 Å². The lowest BCUT2D eigenvalue weighted by Crippen LogP contribution is -2.10. The van der Waals surface area contributed by atoms with E-state index in [4.69, 9.17) is 5.11 Å². The van der Waals surface area contributed by atoms with Crippen LogP contribution in [-0.4, -0.2) is 24.2 Å². The fourth-order valence-electron chi connectivity index (χ4n) is 1.44. The Morgan fingerprint density at radius 1 is 1.31 bits per heavy atom. The fraction of sp³-hybridized carbons (Fsp3) is 0.500. The van der Waals surface area contributed by atoms with Crippen LogP contribution in [0.5, 0.6) is 0 Å². The number of esters is 1. The summed E-state index contributed by atoms with van der Waals surface area (Å²) in [5.41, 5.74) is 1.70. The van der Waals surface area contributed by atoms with Gasteiger partial charge in [-0.2, -0.15) is 0 Å². The van der Waals surface area contributed by atoms with E-state index < -0.39 is 5.97 Å². The summed E-state index contributed by atoms with van der Waals surface area (Å²) < 4.78 is 4.59. The van der Waals surface area contributed by atoms with Gasteiger partial charge in [0.25, 0.3) is 0 Å². The zero-order valence-corrected chi connectivity index (χ0v) is 10.1. The number of aliphatic carboxylic acids is 1. The molecule has 1 atom stereocenters. The van der Waals surface area contributed by atoms with Crippen LogP contribution >= 0.6 is 0 Å². The highest BCUT2D eigenvalue weighted by Crippen LogP contribution is 2.13. The molecule has 1 N–H and O–H groups in total. The zero-order valence-electron chi connectivity index (χ0n) is 10.1. The third kappa shape index (κ3) is 6.01. The van der Waals surface area contributed by atoms with Gasteiger partial charge in [-0.15, -0.1) is 0 Å². The van der Waals surface area contributed by atoms with E-state index >= 15 is 0 Å². The Bertz CT molecular complexity index is 326. The average molecular weight is 226 g/mol. The normalized spacial score (nSPS) is 14.5. The van der Waals surface area contributed by atoms with Crippen LogP contribution in [0.4, 0.5) is 0 Å². The van der Waals surface area contributed by atoms with E-state index in [9.17, 15) is 9.59 Å². The molecule has 16 heavy (non-hydrogen) atoms. The number of hydrogen-bond acceptors (Lipinski definition) is 3. The maximum absolute atomic E-state index is 11.1. The maximum atomic E-state index is 11.1. The predicted molar refractivity (Wildman–Crippen MR) is 60.9 cm³/mol. The van der Waals surface area contributed by atoms with E-state index in [2.05, 4.69) is 4.74 Å². The molecule has 0 amide bonds. The first-order valence-corrected chi connectivity index (χ1v) is 5.02. The van der Waals surface area contributed by atoms with E-state index in [0.29, 0.717) is 6.42 Å². The van der Waals surface area contributed by atoms with Gasteiger partial charge in [0.1, 0.15) is 0 Å². The third-order valence-electron chi connectivity index (χ3n) is 2.04. The van der Waals surface area contributed by atoms with Crippen LogP contribution < -0.4 is 0 Å². The van der Waals surface area contributed by atoms with Crippen molar-refractivity contribution in [2.24, 2.45) is 5.92 Å². The molecule has 0 heterocycles. The number of rotatable bonds is 5. The molecule has 0 aliphatic carbocycles. The summed E-state index contributed by atoms with van der Waals surface area (Å²) >= 11 is 0. The Hall–Kier alpha value is -1.58. The highest BCUT2D eigenvalue weighted by Gasteiger charge is 2.09. The lowest BCUT2D eigenvalue weighted by atomic mass is 10.0. The molecule has 0 radical (unpaired) electrons. The molecule has 0 saturated heterocycles. The van der Waals surface area contributed by atoms with E-state index in [-0.39, 0.29) is 11.9 Å². The molecule has 0 aromatic heterocycles. The summed E-state index contributed by atoms with van der Waals surface area (Å²) in [5, 5.41) is 8.53. The molecule has 0 saturated carbocycles. The van der Waals surface area contributed by atoms with Gasteiger partial charge in [-0.1, -0.05) is 17.2 Å². The second-order valence-electron chi connectivity index (χ2n) is 3.83. The average Bonchev–Trinajstić information content (AvgIpc) is 2.14. The van der Waals surface area contributed by atoms with Crippen molar-refractivity contribution in [1.29, 1.82) is 0 Å². The number of carbonyl (C=O) groups is 2. The van der Waals surface area contributed by atoms with Crippen LogP contribution in [0.2, 0.25) is 0 Å². The molecule has 0 aliphatic heterocycles. The topological polar surface area (TPSA) is 63.6 Å². The minimum absolute atomic E-state index is 0.292. The van der Waals surface area contributed by atoms with Gasteiger partial charge in [0, 0.05) is 6.08 Å². The molecule has 0 spiro atoms. The van der Waals surface area contributed by atoms with Crippen molar-refractivity contribution >= 4 is 11.9 Å². The number of carbonyl (C=O) groups excluding carboxylic acids is 1. The van der Waals surface area contributed by atoms with Crippen molar-refractivity contribution in [3.05, 3.63) is 23.3 Å². The number of ether oxygens (including phenoxy) is 1. The van der Waals surface area contributed by atoms with Crippen molar-refractivity contribution in [1.82, 2.24) is 0 Å². The van der Waals surface area contributed by atoms with E-state index in [1.165, 1.54) is 13.2 Å². The SMILES string of the molecule is COC(=O)[C@H](C)/C=C(\C)C/C(C)=C/C(=O)O. The van der Waals surface area contributed by atoms with Crippen molar-refractivity contribution in [3.8, 4) is 0 Å². The zero-order chi connectivity index (χ0) is 12.7. The Morgan fingerprint density at radius 3 is 2.31 bits per heavy atom. The first-order valence-electron chi connectivity index (χ1n) is 5.02. The van der Waals surface area contributed by atoms with Gasteiger partial charge in [-0.3, -0.25) is 4.79 Å². The van der Waals surface area contributed by atoms with Crippen LogP contribution in [0, 0.1) is 5.92 Å². The quantitative estimate of drug-likeness (QED) is 0.443. The molecule has 0 bridgehead atoms. The van der Waals surface area contributed by atoms with Gasteiger partial charge in [0.2, 0.25) is 0 Å². The number of carboxylic acid groups (broad SMARTS) is 1. The van der Waals surface area contributed by atoms with E-state index in [0.717, 1.165) is 11.1 Å². The van der Waals surface area contributed by atoms with Crippen molar-refractivity contribution < 1.29 is 19.4 Å². The van der Waals surface area contributed by atoms with Crippen molar-refractivity contribution in [3.63, 3.8) is 0 Å². The Morgan fingerprint density at radius 2 is 1.88 bits per heavy atom. The lowest BCUT2D eigenvalue weighted by Gasteiger charge is -2.06. The molecular weight excluding hydrogens is 208 g/mol. The minimum atomic E-state index is -0.952. The number of hydrogen-bond donors (Lipinski definition) is 1. The molecular formula is C12H18O4. The second-order valence-corrected chi connectivity index (χ2v) is 3.83. The molecule has 0 aromatic rings. The lowest BCUT2D eigenvalue weighted by molar-refractivity contribution is -0.143. The smallest absolute Gasteiger partial charge is 0.328 e. The molecule has 0 unspecified atom stereocenters. The predicted octanol–water partition coefficient (Wildman–Crippen LogP) is 2.16. The molecule has 0 rings (SSSR count). The standard InChI is InChI=1S/C12H18O4/c1-8(5-9(2)7-11(13)14)6-10(3)12(15)16-4/h6-7,10H,5H2,1-4H3,(H,13,14)/b8-6+,9-7+/t10-/m1/s1. The number of carboxylic acids is 1. The number of allylic oxidation sites excluding steroid dienone is 2. The Balaban J connectivity index is 4.46. The summed E-state index contributed by atoms with van der Waals surface area (Å²) in [7, 11) is 1.34. The van der Waals surface area contributed by atoms with E-state index in [1.54, 1.807) is 19.9 Å². The summed E-state index contributed by atoms with van der Waals surface area (Å²) in [6, 6.07) is 0. The molecule has 0 aromatic carbocycles. The second kappa shape index (κ2) is 6.82. The van der Waals surface area contributed by atoms with Gasteiger partial charge in [-0.25, -0.2) is 4.79 Å². The summed E-state index contributed by atoms with van der Waals surface area (Å²) in [4.78, 5) is 21.5. The molecule has 90 valence electrons. The van der Waals surface area contributed by atoms with Gasteiger partial charge < -0.3 is 9.84 Å². The Labute approximate surface area is 95.6 Å². The van der Waals surface area contributed by atoms with Crippen LogP contribution in [0.3, 0.4) is 0 Å². The fourth-order valence-corrected chi connectivity index (χ4v) is 1.44. The Kier molecular flexibility index (Phi) is 6.15. The van der Waals surface area contributed by atoms with Gasteiger partial charge in [0.05, 0.1) is 13.0 Å². The first-order chi connectivity index (χ1) is 7.36. The third-order valence-corrected chi connectivity index (χ3v) is 2.04. The highest BCUT2D eigenvalue weighted by atomic mass is 16.5. The molecule has 4 nitrogen and oxygen atoms in total. The van der Waals surface area contributed by atoms with Crippen LogP contribution in [0.25, 0.3) is 0 Å². The summed E-state index contributed by atoms with van der Waals surface area (Å²) in [6.07, 6.45) is 3.50. The maximum Gasteiger partial charge on any atom is 0.328 e.